The average molecular weight is 296 g/mol. The van der Waals surface area contributed by atoms with Crippen molar-refractivity contribution in [1.29, 1.82) is 0 Å². The maximum absolute atomic E-state index is 4.53. The molecule has 0 aliphatic rings. The number of nitrogens with one attached hydrogen (secondary N) is 1. The van der Waals surface area contributed by atoms with E-state index in [1.54, 1.807) is 11.3 Å². The summed E-state index contributed by atoms with van der Waals surface area (Å²) in [7, 11) is 0. The molecule has 21 heavy (non-hydrogen) atoms. The van der Waals surface area contributed by atoms with Crippen LogP contribution in [0.4, 0.5) is 5.69 Å². The van der Waals surface area contributed by atoms with Crippen LogP contribution in [0.5, 0.6) is 0 Å². The number of benzene rings is 1. The largest absolute Gasteiger partial charge is 0.378 e. The van der Waals surface area contributed by atoms with Gasteiger partial charge in [-0.05, 0) is 47.5 Å². The van der Waals surface area contributed by atoms with Crippen LogP contribution >= 0.6 is 11.3 Å². The summed E-state index contributed by atoms with van der Waals surface area (Å²) < 4.78 is 1.25. The van der Waals surface area contributed by atoms with Crippen LogP contribution in [0, 0.1) is 0 Å². The van der Waals surface area contributed by atoms with Crippen LogP contribution < -0.4 is 5.32 Å². The monoisotopic (exact) mass is 296 g/mol. The van der Waals surface area contributed by atoms with Crippen LogP contribution in [-0.4, -0.2) is 4.98 Å². The molecule has 0 fully saturated rings. The highest BCUT2D eigenvalue weighted by atomic mass is 32.1. The van der Waals surface area contributed by atoms with Crippen molar-refractivity contribution in [2.24, 2.45) is 0 Å². The molecule has 0 amide bonds. The molecule has 108 valence electrons. The molecule has 2 aromatic heterocycles. The van der Waals surface area contributed by atoms with E-state index in [0.29, 0.717) is 5.92 Å². The Morgan fingerprint density at radius 1 is 1.10 bits per heavy atom. The maximum atomic E-state index is 4.53. The summed E-state index contributed by atoms with van der Waals surface area (Å²) in [6, 6.07) is 13.1. The molecule has 1 N–H and O–H groups in total. The number of fused-ring (bicyclic) bond motifs is 1. The van der Waals surface area contributed by atoms with Gasteiger partial charge in [0.25, 0.3) is 0 Å². The van der Waals surface area contributed by atoms with Gasteiger partial charge in [0.15, 0.2) is 0 Å². The van der Waals surface area contributed by atoms with Crippen molar-refractivity contribution in [3.63, 3.8) is 0 Å². The van der Waals surface area contributed by atoms with Crippen molar-refractivity contribution in [2.45, 2.75) is 32.7 Å². The number of hydrogen-bond acceptors (Lipinski definition) is 3. The number of anilines is 1. The summed E-state index contributed by atoms with van der Waals surface area (Å²) in [5, 5.41) is 5.72. The third-order valence-corrected chi connectivity index (χ3v) is 4.63. The molecule has 3 heteroatoms. The molecule has 0 aliphatic carbocycles. The Hall–Kier alpha value is -1.87. The van der Waals surface area contributed by atoms with E-state index in [1.165, 1.54) is 21.5 Å². The molecule has 3 aromatic rings. The quantitative estimate of drug-likeness (QED) is 0.678. The summed E-state index contributed by atoms with van der Waals surface area (Å²) in [5.74, 6) is 0.513. The third kappa shape index (κ3) is 2.93. The minimum Gasteiger partial charge on any atom is -0.378 e. The van der Waals surface area contributed by atoms with Crippen molar-refractivity contribution in [2.75, 3.05) is 5.32 Å². The van der Waals surface area contributed by atoms with E-state index in [2.05, 4.69) is 72.9 Å². The minimum atomic E-state index is 0.240. The second kappa shape index (κ2) is 5.86. The predicted molar refractivity (Wildman–Crippen MR) is 92.2 cm³/mol. The number of rotatable bonds is 4. The Morgan fingerprint density at radius 3 is 2.71 bits per heavy atom. The van der Waals surface area contributed by atoms with Crippen molar-refractivity contribution in [1.82, 2.24) is 4.98 Å². The molecule has 2 heterocycles. The van der Waals surface area contributed by atoms with E-state index < -0.39 is 0 Å². The molecule has 0 saturated carbocycles. The Balaban J connectivity index is 1.87. The smallest absolute Gasteiger partial charge is 0.0809 e. The van der Waals surface area contributed by atoms with E-state index in [9.17, 15) is 0 Å². The predicted octanol–water partition coefficient (Wildman–Crippen LogP) is 5.59. The Labute approximate surface area is 129 Å². The van der Waals surface area contributed by atoms with Gasteiger partial charge < -0.3 is 5.32 Å². The standard InChI is InChI=1S/C18H20N2S/c1-12(2)15-6-4-5-7-16(15)20-13(3)14-10-18-17(19-11-14)8-9-21-18/h4-13,20H,1-3H3. The van der Waals surface area contributed by atoms with Gasteiger partial charge in [-0.1, -0.05) is 32.0 Å². The van der Waals surface area contributed by atoms with E-state index in [0.717, 1.165) is 5.52 Å². The fourth-order valence-electron chi connectivity index (χ4n) is 2.55. The molecule has 2 nitrogen and oxygen atoms in total. The highest BCUT2D eigenvalue weighted by Crippen LogP contribution is 2.29. The van der Waals surface area contributed by atoms with Gasteiger partial charge in [-0.3, -0.25) is 4.98 Å². The molecular formula is C18H20N2S. The number of hydrogen-bond donors (Lipinski definition) is 1. The van der Waals surface area contributed by atoms with Gasteiger partial charge in [-0.25, -0.2) is 0 Å². The average Bonchev–Trinajstić information content (AvgIpc) is 2.94. The zero-order valence-electron chi connectivity index (χ0n) is 12.6. The summed E-state index contributed by atoms with van der Waals surface area (Å²) in [6.45, 7) is 6.64. The van der Waals surface area contributed by atoms with Crippen LogP contribution in [0.2, 0.25) is 0 Å². The van der Waals surface area contributed by atoms with E-state index in [-0.39, 0.29) is 6.04 Å². The lowest BCUT2D eigenvalue weighted by Gasteiger charge is -2.20. The van der Waals surface area contributed by atoms with Crippen LogP contribution in [0.1, 0.15) is 43.9 Å². The molecule has 0 aliphatic heterocycles. The molecule has 1 unspecified atom stereocenters. The second-order valence-electron chi connectivity index (χ2n) is 5.68. The van der Waals surface area contributed by atoms with Crippen LogP contribution in [0.25, 0.3) is 10.2 Å². The summed E-state index contributed by atoms with van der Waals surface area (Å²) >= 11 is 1.74. The highest BCUT2D eigenvalue weighted by molar-refractivity contribution is 7.17. The first-order chi connectivity index (χ1) is 10.1. The van der Waals surface area contributed by atoms with E-state index in [1.807, 2.05) is 6.20 Å². The van der Waals surface area contributed by atoms with Crippen molar-refractivity contribution in [3.05, 3.63) is 59.1 Å². The molecule has 0 saturated heterocycles. The van der Waals surface area contributed by atoms with Crippen molar-refractivity contribution >= 4 is 27.2 Å². The Bertz CT molecular complexity index is 746. The number of thiophene rings is 1. The van der Waals surface area contributed by atoms with Crippen molar-refractivity contribution in [3.8, 4) is 0 Å². The summed E-state index contributed by atoms with van der Waals surface area (Å²) in [6.07, 6.45) is 1.98. The summed E-state index contributed by atoms with van der Waals surface area (Å²) in [5.41, 5.74) is 4.88. The number of nitrogens with zero attached hydrogens (tertiary/aromatic N) is 1. The highest BCUT2D eigenvalue weighted by Gasteiger charge is 2.11. The molecular weight excluding hydrogens is 276 g/mol. The van der Waals surface area contributed by atoms with Gasteiger partial charge in [0.2, 0.25) is 0 Å². The zero-order chi connectivity index (χ0) is 14.8. The van der Waals surface area contributed by atoms with Crippen LogP contribution in [-0.2, 0) is 0 Å². The van der Waals surface area contributed by atoms with Crippen LogP contribution in [0.3, 0.4) is 0 Å². The van der Waals surface area contributed by atoms with Crippen molar-refractivity contribution < 1.29 is 0 Å². The van der Waals surface area contributed by atoms with Gasteiger partial charge in [0, 0.05) is 11.9 Å². The lowest BCUT2D eigenvalue weighted by Crippen LogP contribution is -2.09. The molecule has 3 rings (SSSR count). The Morgan fingerprint density at radius 2 is 1.90 bits per heavy atom. The minimum absolute atomic E-state index is 0.240. The zero-order valence-corrected chi connectivity index (χ0v) is 13.4. The van der Waals surface area contributed by atoms with Gasteiger partial charge in [0.1, 0.15) is 0 Å². The van der Waals surface area contributed by atoms with Crippen LogP contribution in [0.15, 0.2) is 48.0 Å². The lowest BCUT2D eigenvalue weighted by molar-refractivity contribution is 0.840. The molecule has 1 aromatic carbocycles. The number of pyridine rings is 1. The normalized spacial score (nSPS) is 12.8. The molecule has 0 bridgehead atoms. The molecule has 0 radical (unpaired) electrons. The molecule has 1 atom stereocenters. The fraction of sp³-hybridized carbons (Fsp3) is 0.278. The number of para-hydroxylation sites is 1. The SMILES string of the molecule is CC(C)c1ccccc1NC(C)c1cnc2ccsc2c1. The van der Waals surface area contributed by atoms with E-state index >= 15 is 0 Å². The first-order valence-electron chi connectivity index (χ1n) is 7.34. The van der Waals surface area contributed by atoms with Gasteiger partial charge in [-0.2, -0.15) is 0 Å². The van der Waals surface area contributed by atoms with Gasteiger partial charge in [0.05, 0.1) is 16.3 Å². The fourth-order valence-corrected chi connectivity index (χ4v) is 3.34. The van der Waals surface area contributed by atoms with E-state index in [4.69, 9.17) is 0 Å². The maximum Gasteiger partial charge on any atom is 0.0809 e. The third-order valence-electron chi connectivity index (χ3n) is 3.78. The van der Waals surface area contributed by atoms with Gasteiger partial charge >= 0.3 is 0 Å². The second-order valence-corrected chi connectivity index (χ2v) is 6.63. The Kier molecular flexibility index (Phi) is 3.93. The lowest BCUT2D eigenvalue weighted by atomic mass is 10.0. The number of aromatic nitrogens is 1. The first kappa shape index (κ1) is 14.1. The molecule has 0 spiro atoms. The topological polar surface area (TPSA) is 24.9 Å². The van der Waals surface area contributed by atoms with Gasteiger partial charge in [-0.15, -0.1) is 11.3 Å². The summed E-state index contributed by atoms with van der Waals surface area (Å²) in [4.78, 5) is 4.53. The first-order valence-corrected chi connectivity index (χ1v) is 8.21.